The third-order valence-electron chi connectivity index (χ3n) is 3.65. The van der Waals surface area contributed by atoms with Gasteiger partial charge in [-0.25, -0.2) is 8.42 Å². The summed E-state index contributed by atoms with van der Waals surface area (Å²) < 4.78 is 32.2. The van der Waals surface area contributed by atoms with Crippen LogP contribution in [0.2, 0.25) is 0 Å². The van der Waals surface area contributed by atoms with E-state index in [0.717, 1.165) is 25.8 Å². The molecule has 7 nitrogen and oxygen atoms in total. The van der Waals surface area contributed by atoms with E-state index >= 15 is 0 Å². The molecule has 2 rings (SSSR count). The maximum Gasteiger partial charge on any atom is 0.260 e. The first-order valence-corrected chi connectivity index (χ1v) is 8.80. The summed E-state index contributed by atoms with van der Waals surface area (Å²) in [6.45, 7) is 4.32. The van der Waals surface area contributed by atoms with Crippen LogP contribution in [0.5, 0.6) is 0 Å². The van der Waals surface area contributed by atoms with Crippen LogP contribution in [0.15, 0.2) is 11.2 Å². The van der Waals surface area contributed by atoms with Gasteiger partial charge in [-0.1, -0.05) is 6.92 Å². The topological polar surface area (TPSA) is 87.3 Å². The van der Waals surface area contributed by atoms with Gasteiger partial charge in [0.1, 0.15) is 0 Å². The predicted octanol–water partition coefficient (Wildman–Crippen LogP) is 0.709. The number of rotatable bonds is 7. The molecule has 1 aromatic heterocycles. The van der Waals surface area contributed by atoms with Crippen molar-refractivity contribution in [2.75, 3.05) is 26.7 Å². The van der Waals surface area contributed by atoms with Crippen LogP contribution in [-0.4, -0.2) is 55.8 Å². The molecule has 1 atom stereocenters. The van der Waals surface area contributed by atoms with Gasteiger partial charge in [-0.2, -0.15) is 9.40 Å². The number of H-pyrrole nitrogens is 1. The molecule has 1 aliphatic rings. The number of nitrogens with zero attached hydrogens (tertiary/aromatic N) is 2. The Balaban J connectivity index is 2.07. The first-order chi connectivity index (χ1) is 10.1. The van der Waals surface area contributed by atoms with Crippen LogP contribution in [0.4, 0.5) is 0 Å². The van der Waals surface area contributed by atoms with Crippen molar-refractivity contribution in [3.63, 3.8) is 0 Å². The summed E-state index contributed by atoms with van der Waals surface area (Å²) in [7, 11) is -1.97. The maximum atomic E-state index is 12.6. The Labute approximate surface area is 126 Å². The molecule has 2 N–H and O–H groups in total. The zero-order chi connectivity index (χ0) is 15.3. The van der Waals surface area contributed by atoms with Crippen molar-refractivity contribution in [3.8, 4) is 0 Å². The van der Waals surface area contributed by atoms with Gasteiger partial charge in [-0.15, -0.1) is 0 Å². The van der Waals surface area contributed by atoms with Gasteiger partial charge < -0.3 is 10.1 Å². The van der Waals surface area contributed by atoms with Crippen molar-refractivity contribution >= 4 is 10.0 Å². The number of ether oxygens (including phenoxy) is 1. The van der Waals surface area contributed by atoms with Gasteiger partial charge in [-0.3, -0.25) is 5.10 Å². The van der Waals surface area contributed by atoms with Crippen molar-refractivity contribution in [2.24, 2.45) is 0 Å². The van der Waals surface area contributed by atoms with E-state index in [1.54, 1.807) is 13.2 Å². The number of hydrogen-bond acceptors (Lipinski definition) is 5. The second-order valence-electron chi connectivity index (χ2n) is 5.28. The summed E-state index contributed by atoms with van der Waals surface area (Å²) in [6, 6.07) is 0. The van der Waals surface area contributed by atoms with Crippen LogP contribution >= 0.6 is 0 Å². The zero-order valence-corrected chi connectivity index (χ0v) is 13.4. The molecule has 0 bridgehead atoms. The third-order valence-corrected chi connectivity index (χ3v) is 5.49. The minimum absolute atomic E-state index is 0.0151. The summed E-state index contributed by atoms with van der Waals surface area (Å²) in [5.74, 6) is 0. The fraction of sp³-hybridized carbons (Fsp3) is 0.769. The van der Waals surface area contributed by atoms with Crippen molar-refractivity contribution in [1.82, 2.24) is 19.8 Å². The highest BCUT2D eigenvalue weighted by Gasteiger charge is 2.28. The second kappa shape index (κ2) is 7.35. The Hall–Kier alpha value is -0.960. The Morgan fingerprint density at radius 2 is 2.33 bits per heavy atom. The molecule has 0 spiro atoms. The van der Waals surface area contributed by atoms with Crippen molar-refractivity contribution in [3.05, 3.63) is 11.8 Å². The lowest BCUT2D eigenvalue weighted by Crippen LogP contribution is -2.37. The number of aromatic nitrogens is 2. The number of aromatic amines is 1. The minimum Gasteiger partial charge on any atom is -0.377 e. The van der Waals surface area contributed by atoms with E-state index in [1.807, 2.05) is 6.92 Å². The van der Waals surface area contributed by atoms with Gasteiger partial charge >= 0.3 is 0 Å². The first kappa shape index (κ1) is 16.4. The van der Waals surface area contributed by atoms with E-state index in [4.69, 9.17) is 4.74 Å². The fourth-order valence-electron chi connectivity index (χ4n) is 2.40. The lowest BCUT2D eigenvalue weighted by atomic mass is 10.1. The van der Waals surface area contributed by atoms with E-state index in [1.165, 1.54) is 4.31 Å². The molecule has 0 aromatic carbocycles. The lowest BCUT2D eigenvalue weighted by molar-refractivity contribution is 0.00856. The monoisotopic (exact) mass is 316 g/mol. The van der Waals surface area contributed by atoms with E-state index in [2.05, 4.69) is 15.5 Å². The van der Waals surface area contributed by atoms with Gasteiger partial charge in [0, 0.05) is 32.3 Å². The highest BCUT2D eigenvalue weighted by atomic mass is 32.2. The van der Waals surface area contributed by atoms with E-state index < -0.39 is 10.0 Å². The van der Waals surface area contributed by atoms with E-state index in [9.17, 15) is 8.42 Å². The molecule has 1 aromatic rings. The van der Waals surface area contributed by atoms with Gasteiger partial charge in [0.05, 0.1) is 12.3 Å². The summed E-state index contributed by atoms with van der Waals surface area (Å²) in [5.41, 5.74) is 0.660. The molecule has 0 saturated carbocycles. The molecule has 0 amide bonds. The van der Waals surface area contributed by atoms with Crippen molar-refractivity contribution < 1.29 is 13.2 Å². The lowest BCUT2D eigenvalue weighted by Gasteiger charge is -2.26. The highest BCUT2D eigenvalue weighted by Crippen LogP contribution is 2.19. The van der Waals surface area contributed by atoms with Gasteiger partial charge in [-0.05, 0) is 25.8 Å². The first-order valence-electron chi connectivity index (χ1n) is 7.36. The van der Waals surface area contributed by atoms with Crippen LogP contribution in [-0.2, 0) is 21.3 Å². The summed E-state index contributed by atoms with van der Waals surface area (Å²) >= 11 is 0. The average molecular weight is 316 g/mol. The summed E-state index contributed by atoms with van der Waals surface area (Å²) in [5, 5.41) is 9.77. The normalized spacial score (nSPS) is 20.0. The molecular formula is C13H24N4O3S. The quantitative estimate of drug-likeness (QED) is 0.773. The molecule has 1 fully saturated rings. The maximum absolute atomic E-state index is 12.6. The van der Waals surface area contributed by atoms with Crippen molar-refractivity contribution in [2.45, 2.75) is 43.9 Å². The van der Waals surface area contributed by atoms with Crippen LogP contribution in [0, 0.1) is 0 Å². The molecule has 8 heteroatoms. The number of sulfonamides is 1. The van der Waals surface area contributed by atoms with Crippen molar-refractivity contribution in [1.29, 1.82) is 0 Å². The second-order valence-corrected chi connectivity index (χ2v) is 7.26. The average Bonchev–Trinajstić information content (AvgIpc) is 2.95. The number of nitrogens with one attached hydrogen (secondary N) is 2. The SMILES string of the molecule is CCNCc1cn[nH]c1S(=O)(=O)N(C)CC1CCCCO1. The molecule has 1 aliphatic heterocycles. The molecule has 120 valence electrons. The molecular weight excluding hydrogens is 292 g/mol. The predicted molar refractivity (Wildman–Crippen MR) is 79.4 cm³/mol. The van der Waals surface area contributed by atoms with E-state index in [-0.39, 0.29) is 11.1 Å². The summed E-state index contributed by atoms with van der Waals surface area (Å²) in [4.78, 5) is 0. The molecule has 2 heterocycles. The largest absolute Gasteiger partial charge is 0.377 e. The van der Waals surface area contributed by atoms with Gasteiger partial charge in [0.25, 0.3) is 10.0 Å². The number of likely N-dealkylation sites (N-methyl/N-ethyl adjacent to an activating group) is 1. The Morgan fingerprint density at radius 1 is 1.52 bits per heavy atom. The molecule has 1 unspecified atom stereocenters. The van der Waals surface area contributed by atoms with E-state index in [0.29, 0.717) is 25.3 Å². The standard InChI is InChI=1S/C13H24N4O3S/c1-3-14-8-11-9-15-16-13(11)21(18,19)17(2)10-12-6-4-5-7-20-12/h9,12,14H,3-8,10H2,1-2H3,(H,15,16). The smallest absolute Gasteiger partial charge is 0.260 e. The molecule has 0 radical (unpaired) electrons. The van der Waals surface area contributed by atoms with Crippen LogP contribution in [0.25, 0.3) is 0 Å². The fourth-order valence-corrected chi connectivity index (χ4v) is 3.70. The van der Waals surface area contributed by atoms with Crippen LogP contribution in [0.3, 0.4) is 0 Å². The molecule has 0 aliphatic carbocycles. The Morgan fingerprint density at radius 3 is 3.00 bits per heavy atom. The van der Waals surface area contributed by atoms with Gasteiger partial charge in [0.2, 0.25) is 0 Å². The zero-order valence-electron chi connectivity index (χ0n) is 12.6. The van der Waals surface area contributed by atoms with Crippen LogP contribution in [0.1, 0.15) is 31.7 Å². The number of hydrogen-bond donors (Lipinski definition) is 2. The molecule has 1 saturated heterocycles. The minimum atomic E-state index is -3.56. The Bertz CT molecular complexity index is 537. The summed E-state index contributed by atoms with van der Waals surface area (Å²) in [6.07, 6.45) is 4.60. The third kappa shape index (κ3) is 4.03. The van der Waals surface area contributed by atoms with Gasteiger partial charge in [0.15, 0.2) is 5.03 Å². The van der Waals surface area contributed by atoms with Crippen LogP contribution < -0.4 is 5.32 Å². The molecule has 21 heavy (non-hydrogen) atoms. The Kier molecular flexibility index (Phi) is 5.74. The highest BCUT2D eigenvalue weighted by molar-refractivity contribution is 7.89.